The Morgan fingerprint density at radius 3 is 2.92 bits per heavy atom. The van der Waals surface area contributed by atoms with Crippen LogP contribution in [0.3, 0.4) is 0 Å². The van der Waals surface area contributed by atoms with Crippen LogP contribution in [0.1, 0.15) is 19.8 Å². The molecule has 1 amide bonds. The second kappa shape index (κ2) is 8.23. The van der Waals surface area contributed by atoms with Gasteiger partial charge in [0.1, 0.15) is 12.4 Å². The molecule has 130 valence electrons. The number of benzene rings is 1. The Bertz CT molecular complexity index is 691. The van der Waals surface area contributed by atoms with Crippen molar-refractivity contribution in [3.63, 3.8) is 0 Å². The van der Waals surface area contributed by atoms with E-state index in [1.165, 1.54) is 0 Å². The highest BCUT2D eigenvalue weighted by Crippen LogP contribution is 2.27. The van der Waals surface area contributed by atoms with E-state index in [0.717, 1.165) is 24.4 Å². The van der Waals surface area contributed by atoms with Gasteiger partial charge in [-0.05, 0) is 31.9 Å². The molecule has 0 bridgehead atoms. The summed E-state index contributed by atoms with van der Waals surface area (Å²) in [6, 6.07) is 7.57. The van der Waals surface area contributed by atoms with Crippen molar-refractivity contribution in [2.45, 2.75) is 38.5 Å². The predicted molar refractivity (Wildman–Crippen MR) is 94.0 cm³/mol. The van der Waals surface area contributed by atoms with E-state index in [4.69, 9.17) is 10.5 Å². The normalized spacial score (nSPS) is 19.8. The molecule has 2 heterocycles. The topological polar surface area (TPSA) is 95.1 Å². The van der Waals surface area contributed by atoms with Crippen LogP contribution in [-0.2, 0) is 16.1 Å². The Kier molecular flexibility index (Phi) is 6.30. The first-order valence-corrected chi connectivity index (χ1v) is 7.86. The summed E-state index contributed by atoms with van der Waals surface area (Å²) in [6.45, 7) is 3.22. The van der Waals surface area contributed by atoms with Crippen LogP contribution in [0.25, 0.3) is 11.4 Å². The van der Waals surface area contributed by atoms with Crippen LogP contribution in [0, 0.1) is 0 Å². The van der Waals surface area contributed by atoms with Gasteiger partial charge in [0.05, 0.1) is 11.8 Å². The van der Waals surface area contributed by atoms with Crippen LogP contribution >= 0.6 is 12.4 Å². The van der Waals surface area contributed by atoms with E-state index in [9.17, 15) is 4.79 Å². The molecule has 1 aromatic carbocycles. The van der Waals surface area contributed by atoms with Crippen LogP contribution in [0.2, 0.25) is 0 Å². The molecule has 1 fully saturated rings. The number of hydrogen-bond donors (Lipinski definition) is 2. The second-order valence-electron chi connectivity index (χ2n) is 5.54. The zero-order chi connectivity index (χ0) is 16.2. The lowest BCUT2D eigenvalue weighted by atomic mass is 10.1. The van der Waals surface area contributed by atoms with E-state index >= 15 is 0 Å². The third-order valence-electron chi connectivity index (χ3n) is 4.04. The maximum absolute atomic E-state index is 12.4. The van der Waals surface area contributed by atoms with E-state index in [1.54, 1.807) is 6.33 Å². The number of halogens is 1. The zero-order valence-corrected chi connectivity index (χ0v) is 14.3. The van der Waals surface area contributed by atoms with Gasteiger partial charge in [0.25, 0.3) is 5.91 Å². The molecule has 1 aromatic heterocycles. The molecule has 7 nitrogen and oxygen atoms in total. The molecule has 2 aromatic rings. The number of nitrogens with zero attached hydrogens (tertiary/aromatic N) is 3. The maximum Gasteiger partial charge on any atom is 0.253 e. The van der Waals surface area contributed by atoms with Crippen LogP contribution in [0.5, 0.6) is 0 Å². The summed E-state index contributed by atoms with van der Waals surface area (Å²) in [5, 5.41) is 11.1. The number of para-hydroxylation sites is 1. The van der Waals surface area contributed by atoms with Gasteiger partial charge in [-0.1, -0.05) is 12.1 Å². The molecule has 0 saturated carbocycles. The number of ether oxygens (including phenoxy) is 1. The van der Waals surface area contributed by atoms with Crippen molar-refractivity contribution in [3.8, 4) is 11.4 Å². The molecular formula is C16H22ClN5O2. The lowest BCUT2D eigenvalue weighted by Gasteiger charge is -2.15. The number of nitrogens with two attached hydrogens (primary N) is 1. The summed E-state index contributed by atoms with van der Waals surface area (Å²) in [5.74, 6) is 0.589. The number of rotatable bonds is 5. The monoisotopic (exact) mass is 351 g/mol. The third-order valence-corrected chi connectivity index (χ3v) is 4.04. The van der Waals surface area contributed by atoms with Gasteiger partial charge in [0, 0.05) is 18.7 Å². The average molecular weight is 352 g/mol. The fraction of sp³-hybridized carbons (Fsp3) is 0.438. The number of aromatic nitrogens is 3. The molecule has 1 saturated heterocycles. The summed E-state index contributed by atoms with van der Waals surface area (Å²) < 4.78 is 7.58. The molecule has 1 aliphatic rings. The molecule has 8 heteroatoms. The molecular weight excluding hydrogens is 330 g/mol. The number of carbonyl (C=O) groups is 1. The van der Waals surface area contributed by atoms with Crippen LogP contribution in [0.4, 0.5) is 5.69 Å². The maximum atomic E-state index is 12.4. The number of hydrogen-bond acceptors (Lipinski definition) is 5. The second-order valence-corrected chi connectivity index (χ2v) is 5.54. The first kappa shape index (κ1) is 18.4. The van der Waals surface area contributed by atoms with Gasteiger partial charge in [-0.25, -0.2) is 0 Å². The van der Waals surface area contributed by atoms with Crippen molar-refractivity contribution in [3.05, 3.63) is 30.6 Å². The van der Waals surface area contributed by atoms with E-state index in [0.29, 0.717) is 18.7 Å². The van der Waals surface area contributed by atoms with Gasteiger partial charge >= 0.3 is 0 Å². The zero-order valence-electron chi connectivity index (χ0n) is 13.5. The van der Waals surface area contributed by atoms with Crippen molar-refractivity contribution in [2.24, 2.45) is 5.73 Å². The van der Waals surface area contributed by atoms with Crippen molar-refractivity contribution in [2.75, 3.05) is 11.9 Å². The molecule has 0 unspecified atom stereocenters. The minimum absolute atomic E-state index is 0. The largest absolute Gasteiger partial charge is 0.364 e. The van der Waals surface area contributed by atoms with Gasteiger partial charge in [-0.15, -0.1) is 22.6 Å². The molecule has 2 atom stereocenters. The van der Waals surface area contributed by atoms with E-state index in [2.05, 4.69) is 15.5 Å². The van der Waals surface area contributed by atoms with E-state index < -0.39 is 6.10 Å². The smallest absolute Gasteiger partial charge is 0.253 e. The first-order chi connectivity index (χ1) is 11.2. The average Bonchev–Trinajstić information content (AvgIpc) is 3.24. The van der Waals surface area contributed by atoms with Gasteiger partial charge in [0.2, 0.25) is 0 Å². The standard InChI is InChI=1S/C16H21N5O2.ClH/c1-2-21-10-18-20-15(21)12-5-3-4-6-13(12)19-16(22)14-8-7-11(9-17)23-14;/h3-6,10-11,14H,2,7-9,17H2,1H3,(H,19,22);1H/t11-,14+;/m1./s1. The Labute approximate surface area is 147 Å². The first-order valence-electron chi connectivity index (χ1n) is 7.86. The number of nitrogens with one attached hydrogen (secondary N) is 1. The third kappa shape index (κ3) is 3.75. The minimum atomic E-state index is -0.444. The molecule has 0 spiro atoms. The van der Waals surface area contributed by atoms with E-state index in [-0.39, 0.29) is 24.4 Å². The highest BCUT2D eigenvalue weighted by Gasteiger charge is 2.30. The van der Waals surface area contributed by atoms with Crippen LogP contribution < -0.4 is 11.1 Å². The van der Waals surface area contributed by atoms with Gasteiger partial charge in [-0.3, -0.25) is 4.79 Å². The van der Waals surface area contributed by atoms with Gasteiger partial charge < -0.3 is 20.4 Å². The minimum Gasteiger partial charge on any atom is -0.364 e. The molecule has 3 rings (SSSR count). The Morgan fingerprint density at radius 1 is 1.42 bits per heavy atom. The Morgan fingerprint density at radius 2 is 2.21 bits per heavy atom. The quantitative estimate of drug-likeness (QED) is 0.856. The fourth-order valence-corrected chi connectivity index (χ4v) is 2.77. The van der Waals surface area contributed by atoms with E-state index in [1.807, 2.05) is 35.8 Å². The number of amides is 1. The highest BCUT2D eigenvalue weighted by atomic mass is 35.5. The summed E-state index contributed by atoms with van der Waals surface area (Å²) in [4.78, 5) is 12.4. The highest BCUT2D eigenvalue weighted by molar-refractivity contribution is 5.97. The number of anilines is 1. The Hall–Kier alpha value is -1.96. The summed E-state index contributed by atoms with van der Waals surface area (Å²) in [7, 11) is 0. The van der Waals surface area contributed by atoms with Crippen molar-refractivity contribution >= 4 is 24.0 Å². The molecule has 0 aliphatic carbocycles. The van der Waals surface area contributed by atoms with Gasteiger partial charge in [0.15, 0.2) is 5.82 Å². The van der Waals surface area contributed by atoms with Gasteiger partial charge in [-0.2, -0.15) is 0 Å². The van der Waals surface area contributed by atoms with Crippen LogP contribution in [-0.4, -0.2) is 39.4 Å². The van der Waals surface area contributed by atoms with Crippen molar-refractivity contribution in [1.82, 2.24) is 14.8 Å². The molecule has 24 heavy (non-hydrogen) atoms. The Balaban J connectivity index is 0.00000208. The lowest BCUT2D eigenvalue weighted by Crippen LogP contribution is -2.30. The van der Waals surface area contributed by atoms with Crippen LogP contribution in [0.15, 0.2) is 30.6 Å². The SMILES string of the molecule is CCn1cnnc1-c1ccccc1NC(=O)[C@@H]1CC[C@H](CN)O1.Cl. The molecule has 0 radical (unpaired) electrons. The molecule has 3 N–H and O–H groups in total. The molecule has 1 aliphatic heterocycles. The van der Waals surface area contributed by atoms with Crippen molar-refractivity contribution < 1.29 is 9.53 Å². The van der Waals surface area contributed by atoms with Crippen molar-refractivity contribution in [1.29, 1.82) is 0 Å². The number of aryl methyl sites for hydroxylation is 1. The summed E-state index contributed by atoms with van der Waals surface area (Å²) >= 11 is 0. The predicted octanol–water partition coefficient (Wildman–Crippen LogP) is 1.83. The summed E-state index contributed by atoms with van der Waals surface area (Å²) in [5.41, 5.74) is 7.14. The number of carbonyl (C=O) groups excluding carboxylic acids is 1. The lowest BCUT2D eigenvalue weighted by molar-refractivity contribution is -0.126. The summed E-state index contributed by atoms with van der Waals surface area (Å²) in [6.07, 6.45) is 2.73. The fourth-order valence-electron chi connectivity index (χ4n) is 2.77.